The van der Waals surface area contributed by atoms with E-state index in [9.17, 15) is 14.4 Å². The lowest BCUT2D eigenvalue weighted by Crippen LogP contribution is -2.27. The maximum Gasteiger partial charge on any atom is 0.295 e. The minimum atomic E-state index is -0.589. The lowest BCUT2D eigenvalue weighted by molar-refractivity contribution is -0.115. The minimum absolute atomic E-state index is 0.226. The van der Waals surface area contributed by atoms with Crippen LogP contribution < -0.4 is 16.4 Å². The Morgan fingerprint density at radius 2 is 1.77 bits per heavy atom. The second-order valence-electron chi connectivity index (χ2n) is 7.07. The van der Waals surface area contributed by atoms with Crippen molar-refractivity contribution >= 4 is 34.3 Å². The lowest BCUT2D eigenvalue weighted by Gasteiger charge is -2.11. The third-order valence-corrected chi connectivity index (χ3v) is 6.04. The van der Waals surface area contributed by atoms with Crippen LogP contribution in [0.5, 0.6) is 0 Å². The number of carbonyl (C=O) groups excluding carboxylic acids is 1. The number of aromatic amines is 1. The highest BCUT2D eigenvalue weighted by molar-refractivity contribution is 8.00. The third kappa shape index (κ3) is 3.91. The first-order chi connectivity index (χ1) is 14.9. The van der Waals surface area contributed by atoms with Crippen LogP contribution in [0, 0.1) is 6.92 Å². The van der Waals surface area contributed by atoms with Gasteiger partial charge in [-0.15, -0.1) is 0 Å². The smallest absolute Gasteiger partial charge is 0.295 e. The first-order valence-corrected chi connectivity index (χ1v) is 10.6. The van der Waals surface area contributed by atoms with Crippen LogP contribution in [-0.4, -0.2) is 30.5 Å². The minimum Gasteiger partial charge on any atom is -0.319 e. The van der Waals surface area contributed by atoms with Gasteiger partial charge in [-0.1, -0.05) is 42.1 Å². The Hall–Kier alpha value is -3.59. The van der Waals surface area contributed by atoms with E-state index in [1.807, 2.05) is 30.3 Å². The fraction of sp³-hybridized carbons (Fsp3) is 0.182. The Labute approximate surface area is 181 Å². The number of anilines is 1. The fourth-order valence-corrected chi connectivity index (χ4v) is 4.08. The Morgan fingerprint density at radius 1 is 1.10 bits per heavy atom. The van der Waals surface area contributed by atoms with Crippen molar-refractivity contribution in [3.05, 3.63) is 81.0 Å². The summed E-state index contributed by atoms with van der Waals surface area (Å²) in [4.78, 5) is 45.2. The topological polar surface area (TPSA) is 102 Å². The summed E-state index contributed by atoms with van der Waals surface area (Å²) >= 11 is 1.12. The number of fused-ring (bicyclic) bond motifs is 1. The van der Waals surface area contributed by atoms with Gasteiger partial charge in [-0.3, -0.25) is 19.1 Å². The van der Waals surface area contributed by atoms with Gasteiger partial charge in [0.15, 0.2) is 5.16 Å². The molecule has 0 aliphatic rings. The molecule has 1 atom stereocenters. The number of nitrogens with one attached hydrogen (secondary N) is 2. The SMILES string of the molecule is Cc1c(NC(=O)[C@@H](C)Sc2nc3ccccc3c(=O)[nH]2)c(=O)n(-c2ccccc2)n1C. The van der Waals surface area contributed by atoms with E-state index >= 15 is 0 Å². The molecule has 8 nitrogen and oxygen atoms in total. The second-order valence-corrected chi connectivity index (χ2v) is 8.40. The van der Waals surface area contributed by atoms with Crippen molar-refractivity contribution in [3.8, 4) is 5.69 Å². The van der Waals surface area contributed by atoms with Crippen LogP contribution in [0.1, 0.15) is 12.6 Å². The number of benzene rings is 2. The van der Waals surface area contributed by atoms with E-state index in [2.05, 4.69) is 15.3 Å². The maximum absolute atomic E-state index is 13.0. The van der Waals surface area contributed by atoms with E-state index in [1.165, 1.54) is 4.68 Å². The number of carbonyl (C=O) groups is 1. The van der Waals surface area contributed by atoms with Crippen LogP contribution in [0.15, 0.2) is 69.3 Å². The average Bonchev–Trinajstić information content (AvgIpc) is 2.97. The second kappa shape index (κ2) is 8.27. The number of H-pyrrole nitrogens is 1. The molecule has 158 valence electrons. The number of amides is 1. The molecule has 1 amide bonds. The Balaban J connectivity index is 1.58. The van der Waals surface area contributed by atoms with E-state index < -0.39 is 5.25 Å². The number of nitrogens with zero attached hydrogens (tertiary/aromatic N) is 3. The molecule has 2 aromatic heterocycles. The average molecular weight is 436 g/mol. The van der Waals surface area contributed by atoms with Crippen molar-refractivity contribution in [2.24, 2.45) is 7.05 Å². The van der Waals surface area contributed by atoms with Gasteiger partial charge in [0.1, 0.15) is 5.69 Å². The van der Waals surface area contributed by atoms with Crippen molar-refractivity contribution in [3.63, 3.8) is 0 Å². The molecule has 2 N–H and O–H groups in total. The van der Waals surface area contributed by atoms with Crippen LogP contribution in [0.25, 0.3) is 16.6 Å². The van der Waals surface area contributed by atoms with Crippen molar-refractivity contribution < 1.29 is 4.79 Å². The molecule has 0 radical (unpaired) electrons. The molecule has 0 spiro atoms. The van der Waals surface area contributed by atoms with Crippen LogP contribution in [0.3, 0.4) is 0 Å². The van der Waals surface area contributed by atoms with Crippen LogP contribution in [0.2, 0.25) is 0 Å². The van der Waals surface area contributed by atoms with E-state index in [1.54, 1.807) is 49.8 Å². The summed E-state index contributed by atoms with van der Waals surface area (Å²) in [5.41, 5.74) is 1.56. The molecule has 0 fully saturated rings. The predicted octanol–water partition coefficient (Wildman–Crippen LogP) is 2.84. The Bertz CT molecular complexity index is 1390. The molecule has 9 heteroatoms. The van der Waals surface area contributed by atoms with Crippen LogP contribution in [-0.2, 0) is 11.8 Å². The highest BCUT2D eigenvalue weighted by atomic mass is 32.2. The zero-order chi connectivity index (χ0) is 22.1. The Kier molecular flexibility index (Phi) is 5.51. The highest BCUT2D eigenvalue weighted by Gasteiger charge is 2.22. The van der Waals surface area contributed by atoms with Crippen molar-refractivity contribution in [2.75, 3.05) is 5.32 Å². The van der Waals surface area contributed by atoms with Gasteiger partial charge in [0.2, 0.25) is 5.91 Å². The van der Waals surface area contributed by atoms with Crippen molar-refractivity contribution in [2.45, 2.75) is 24.3 Å². The molecule has 31 heavy (non-hydrogen) atoms. The molecule has 0 aliphatic heterocycles. The van der Waals surface area contributed by atoms with Gasteiger partial charge in [-0.2, -0.15) is 0 Å². The van der Waals surface area contributed by atoms with E-state index in [0.29, 0.717) is 27.4 Å². The number of aromatic nitrogens is 4. The summed E-state index contributed by atoms with van der Waals surface area (Å²) in [6.45, 7) is 3.47. The predicted molar refractivity (Wildman–Crippen MR) is 122 cm³/mol. The summed E-state index contributed by atoms with van der Waals surface area (Å²) in [5, 5.41) is 2.99. The third-order valence-electron chi connectivity index (χ3n) is 5.05. The largest absolute Gasteiger partial charge is 0.319 e. The van der Waals surface area contributed by atoms with E-state index in [0.717, 1.165) is 11.8 Å². The molecule has 2 heterocycles. The zero-order valence-electron chi connectivity index (χ0n) is 17.2. The number of hydrogen-bond acceptors (Lipinski definition) is 5. The number of para-hydroxylation sites is 2. The molecular weight excluding hydrogens is 414 g/mol. The molecular formula is C22H21N5O3S. The fourth-order valence-electron chi connectivity index (χ4n) is 3.28. The van der Waals surface area contributed by atoms with E-state index in [4.69, 9.17) is 0 Å². The Morgan fingerprint density at radius 3 is 2.52 bits per heavy atom. The summed E-state index contributed by atoms with van der Waals surface area (Å²) in [6, 6.07) is 16.2. The summed E-state index contributed by atoms with van der Waals surface area (Å²) < 4.78 is 3.21. The maximum atomic E-state index is 13.0. The van der Waals surface area contributed by atoms with Crippen molar-refractivity contribution in [1.29, 1.82) is 0 Å². The van der Waals surface area contributed by atoms with Crippen molar-refractivity contribution in [1.82, 2.24) is 19.3 Å². The number of hydrogen-bond donors (Lipinski definition) is 2. The molecule has 2 aromatic carbocycles. The monoisotopic (exact) mass is 435 g/mol. The molecule has 0 saturated carbocycles. The molecule has 0 bridgehead atoms. The van der Waals surface area contributed by atoms with Gasteiger partial charge in [0.25, 0.3) is 11.1 Å². The van der Waals surface area contributed by atoms with Gasteiger partial charge in [0.05, 0.1) is 27.5 Å². The van der Waals surface area contributed by atoms with Gasteiger partial charge in [-0.25, -0.2) is 9.67 Å². The van der Waals surface area contributed by atoms with Gasteiger partial charge >= 0.3 is 0 Å². The summed E-state index contributed by atoms with van der Waals surface area (Å²) in [6.07, 6.45) is 0. The van der Waals surface area contributed by atoms with Gasteiger partial charge < -0.3 is 10.3 Å². The first kappa shape index (κ1) is 20.7. The van der Waals surface area contributed by atoms with E-state index in [-0.39, 0.29) is 22.7 Å². The molecule has 4 rings (SSSR count). The normalized spacial score (nSPS) is 12.1. The quantitative estimate of drug-likeness (QED) is 0.371. The zero-order valence-corrected chi connectivity index (χ0v) is 18.1. The highest BCUT2D eigenvalue weighted by Crippen LogP contribution is 2.22. The van der Waals surface area contributed by atoms with Gasteiger partial charge in [0, 0.05) is 7.05 Å². The molecule has 0 saturated heterocycles. The summed E-state index contributed by atoms with van der Waals surface area (Å²) in [7, 11) is 1.77. The number of thioether (sulfide) groups is 1. The summed E-state index contributed by atoms with van der Waals surface area (Å²) in [5.74, 6) is -0.355. The standard InChI is InChI=1S/C22H21N5O3S/c1-13-18(21(30)27(26(13)3)15-9-5-4-6-10-15)24-19(28)14(2)31-22-23-17-12-8-7-11-16(17)20(29)25-22/h4-12,14H,1-3H3,(H,24,28)(H,23,25,29)/t14-/m1/s1. The molecule has 0 unspecified atom stereocenters. The first-order valence-electron chi connectivity index (χ1n) is 9.67. The van der Waals surface area contributed by atoms with Crippen LogP contribution in [0.4, 0.5) is 5.69 Å². The molecule has 0 aliphatic carbocycles. The lowest BCUT2D eigenvalue weighted by atomic mass is 10.2. The van der Waals surface area contributed by atoms with Gasteiger partial charge in [-0.05, 0) is 38.1 Å². The number of rotatable bonds is 5. The molecule has 4 aromatic rings. The van der Waals surface area contributed by atoms with Crippen LogP contribution >= 0.6 is 11.8 Å².